The molecule has 0 aliphatic carbocycles. The van der Waals surface area contributed by atoms with Gasteiger partial charge in [0.05, 0.1) is 10.9 Å². The van der Waals surface area contributed by atoms with Gasteiger partial charge in [0.1, 0.15) is 10.7 Å². The SMILES string of the molecule is CC(C)c1ccc(-c2nc(C(=O)N(C)[C@H](C)c3ccc(S(C)(=O)=O)cc3)cs2)cc1. The summed E-state index contributed by atoms with van der Waals surface area (Å²) in [6.07, 6.45) is 1.18. The molecule has 1 amide bonds. The topological polar surface area (TPSA) is 67.3 Å². The van der Waals surface area contributed by atoms with Gasteiger partial charge in [-0.1, -0.05) is 50.2 Å². The molecule has 1 heterocycles. The third-order valence-electron chi connectivity index (χ3n) is 5.24. The number of carbonyl (C=O) groups is 1. The van der Waals surface area contributed by atoms with Gasteiger partial charge in [-0.2, -0.15) is 0 Å². The Kier molecular flexibility index (Phi) is 6.43. The van der Waals surface area contributed by atoms with Crippen LogP contribution in [0.4, 0.5) is 0 Å². The quantitative estimate of drug-likeness (QED) is 0.528. The van der Waals surface area contributed by atoms with Gasteiger partial charge in [0.15, 0.2) is 9.84 Å². The third-order valence-corrected chi connectivity index (χ3v) is 7.26. The highest BCUT2D eigenvalue weighted by Crippen LogP contribution is 2.28. The molecule has 0 unspecified atom stereocenters. The third kappa shape index (κ3) is 4.79. The van der Waals surface area contributed by atoms with Crippen LogP contribution in [0.3, 0.4) is 0 Å². The molecule has 0 radical (unpaired) electrons. The van der Waals surface area contributed by atoms with E-state index in [0.29, 0.717) is 11.6 Å². The van der Waals surface area contributed by atoms with Crippen LogP contribution in [-0.4, -0.2) is 37.5 Å². The van der Waals surface area contributed by atoms with Crippen LogP contribution in [-0.2, 0) is 9.84 Å². The molecule has 0 aliphatic rings. The van der Waals surface area contributed by atoms with Crippen LogP contribution in [0, 0.1) is 0 Å². The highest BCUT2D eigenvalue weighted by Gasteiger charge is 2.22. The van der Waals surface area contributed by atoms with Crippen molar-refractivity contribution >= 4 is 27.1 Å². The van der Waals surface area contributed by atoms with Crippen molar-refractivity contribution in [2.45, 2.75) is 37.6 Å². The van der Waals surface area contributed by atoms with Gasteiger partial charge in [-0.25, -0.2) is 13.4 Å². The maximum Gasteiger partial charge on any atom is 0.273 e. The van der Waals surface area contributed by atoms with E-state index in [9.17, 15) is 13.2 Å². The number of amides is 1. The first-order valence-electron chi connectivity index (χ1n) is 9.71. The standard InChI is InChI=1S/C23H26N2O3S2/c1-15(2)17-6-8-19(9-7-17)22-24-21(14-29-22)23(26)25(4)16(3)18-10-12-20(13-11-18)30(5,27)28/h6-16H,1-5H3/t16-/m1/s1. The average Bonchev–Trinajstić information content (AvgIpc) is 3.22. The molecule has 0 aliphatic heterocycles. The lowest BCUT2D eigenvalue weighted by atomic mass is 10.0. The Hall–Kier alpha value is -2.51. The van der Waals surface area contributed by atoms with Crippen LogP contribution < -0.4 is 0 Å². The van der Waals surface area contributed by atoms with E-state index in [4.69, 9.17) is 0 Å². The molecular weight excluding hydrogens is 416 g/mol. The monoisotopic (exact) mass is 442 g/mol. The molecule has 0 N–H and O–H groups in total. The van der Waals surface area contributed by atoms with E-state index in [0.717, 1.165) is 16.1 Å². The summed E-state index contributed by atoms with van der Waals surface area (Å²) in [5.74, 6) is 0.296. The van der Waals surface area contributed by atoms with Gasteiger partial charge in [0, 0.05) is 24.2 Å². The Morgan fingerprint density at radius 3 is 2.07 bits per heavy atom. The zero-order chi connectivity index (χ0) is 22.1. The molecule has 2 aromatic carbocycles. The smallest absolute Gasteiger partial charge is 0.273 e. The minimum Gasteiger partial charge on any atom is -0.334 e. The molecular formula is C23H26N2O3S2. The van der Waals surface area contributed by atoms with Crippen molar-refractivity contribution < 1.29 is 13.2 Å². The molecule has 7 heteroatoms. The summed E-state index contributed by atoms with van der Waals surface area (Å²) < 4.78 is 23.3. The second-order valence-corrected chi connectivity index (χ2v) is 10.6. The van der Waals surface area contributed by atoms with E-state index in [1.807, 2.05) is 19.1 Å². The summed E-state index contributed by atoms with van der Waals surface area (Å²) in [5.41, 5.74) is 3.53. The van der Waals surface area contributed by atoms with Gasteiger partial charge < -0.3 is 4.90 Å². The number of aromatic nitrogens is 1. The minimum atomic E-state index is -3.25. The number of carbonyl (C=O) groups excluding carboxylic acids is 1. The van der Waals surface area contributed by atoms with Crippen molar-refractivity contribution in [1.29, 1.82) is 0 Å². The van der Waals surface area contributed by atoms with Crippen LogP contribution in [0.15, 0.2) is 58.8 Å². The van der Waals surface area contributed by atoms with Gasteiger partial charge >= 0.3 is 0 Å². The second-order valence-electron chi connectivity index (χ2n) is 7.75. The van der Waals surface area contributed by atoms with Crippen LogP contribution in [0.1, 0.15) is 54.3 Å². The van der Waals surface area contributed by atoms with Crippen molar-refractivity contribution in [1.82, 2.24) is 9.88 Å². The van der Waals surface area contributed by atoms with E-state index in [-0.39, 0.29) is 16.8 Å². The predicted octanol–water partition coefficient (Wildman–Crippen LogP) is 5.17. The molecule has 3 aromatic rings. The molecule has 1 aromatic heterocycles. The lowest BCUT2D eigenvalue weighted by molar-refractivity contribution is 0.0737. The zero-order valence-electron chi connectivity index (χ0n) is 17.8. The van der Waals surface area contributed by atoms with Crippen LogP contribution in [0.25, 0.3) is 10.6 Å². The van der Waals surface area contributed by atoms with Gasteiger partial charge in [0.2, 0.25) is 0 Å². The molecule has 0 bridgehead atoms. The molecule has 5 nitrogen and oxygen atoms in total. The number of thiazole rings is 1. The van der Waals surface area contributed by atoms with Crippen molar-refractivity contribution in [2.24, 2.45) is 0 Å². The van der Waals surface area contributed by atoms with E-state index in [1.54, 1.807) is 41.6 Å². The molecule has 0 spiro atoms. The summed E-state index contributed by atoms with van der Waals surface area (Å²) in [4.78, 5) is 19.4. The predicted molar refractivity (Wildman–Crippen MR) is 122 cm³/mol. The van der Waals surface area contributed by atoms with Gasteiger partial charge in [-0.15, -0.1) is 11.3 Å². The number of hydrogen-bond donors (Lipinski definition) is 0. The Balaban J connectivity index is 1.76. The van der Waals surface area contributed by atoms with E-state index < -0.39 is 9.84 Å². The summed E-state index contributed by atoms with van der Waals surface area (Å²) >= 11 is 1.45. The molecule has 3 rings (SSSR count). The van der Waals surface area contributed by atoms with Crippen LogP contribution in [0.5, 0.6) is 0 Å². The van der Waals surface area contributed by atoms with E-state index in [2.05, 4.69) is 31.0 Å². The lowest BCUT2D eigenvalue weighted by Gasteiger charge is -2.24. The van der Waals surface area contributed by atoms with Crippen molar-refractivity contribution in [3.8, 4) is 10.6 Å². The van der Waals surface area contributed by atoms with Crippen LogP contribution >= 0.6 is 11.3 Å². The molecule has 158 valence electrons. The van der Waals surface area contributed by atoms with E-state index >= 15 is 0 Å². The minimum absolute atomic E-state index is 0.170. The molecule has 1 atom stereocenters. The Morgan fingerprint density at radius 1 is 0.967 bits per heavy atom. The largest absolute Gasteiger partial charge is 0.334 e. The van der Waals surface area contributed by atoms with Crippen molar-refractivity contribution in [3.05, 3.63) is 70.7 Å². The first-order valence-corrected chi connectivity index (χ1v) is 12.5. The Bertz CT molecular complexity index is 1130. The van der Waals surface area contributed by atoms with Crippen molar-refractivity contribution in [2.75, 3.05) is 13.3 Å². The number of hydrogen-bond acceptors (Lipinski definition) is 5. The summed E-state index contributed by atoms with van der Waals surface area (Å²) in [6, 6.07) is 14.7. The lowest BCUT2D eigenvalue weighted by Crippen LogP contribution is -2.29. The number of nitrogens with zero attached hydrogens (tertiary/aromatic N) is 2. The normalized spacial score (nSPS) is 12.7. The molecule has 30 heavy (non-hydrogen) atoms. The van der Waals surface area contributed by atoms with Crippen LogP contribution in [0.2, 0.25) is 0 Å². The second kappa shape index (κ2) is 8.70. The highest BCUT2D eigenvalue weighted by atomic mass is 32.2. The molecule has 0 fully saturated rings. The maximum absolute atomic E-state index is 12.9. The Morgan fingerprint density at radius 2 is 1.53 bits per heavy atom. The van der Waals surface area contributed by atoms with Gasteiger partial charge in [-0.05, 0) is 36.1 Å². The van der Waals surface area contributed by atoms with Gasteiger partial charge in [0.25, 0.3) is 5.91 Å². The van der Waals surface area contributed by atoms with Gasteiger partial charge in [-0.3, -0.25) is 4.79 Å². The van der Waals surface area contributed by atoms with E-state index in [1.165, 1.54) is 23.2 Å². The van der Waals surface area contributed by atoms with Crippen molar-refractivity contribution in [3.63, 3.8) is 0 Å². The average molecular weight is 443 g/mol. The fourth-order valence-electron chi connectivity index (χ4n) is 3.09. The molecule has 0 saturated carbocycles. The fourth-order valence-corrected chi connectivity index (χ4v) is 4.52. The molecule has 0 saturated heterocycles. The number of rotatable bonds is 6. The zero-order valence-corrected chi connectivity index (χ0v) is 19.4. The first kappa shape index (κ1) is 22.2. The fraction of sp³-hybridized carbons (Fsp3) is 0.304. The maximum atomic E-state index is 12.9. The Labute approximate surface area is 182 Å². The summed E-state index contributed by atoms with van der Waals surface area (Å²) in [7, 11) is -1.52. The number of sulfone groups is 1. The summed E-state index contributed by atoms with van der Waals surface area (Å²) in [6.45, 7) is 6.22. The number of benzene rings is 2. The summed E-state index contributed by atoms with van der Waals surface area (Å²) in [5, 5.41) is 2.59. The first-order chi connectivity index (χ1) is 14.1. The highest BCUT2D eigenvalue weighted by molar-refractivity contribution is 7.90.